The monoisotopic (exact) mass is 283 g/mol. The molecule has 0 aliphatic rings. The van der Waals surface area contributed by atoms with Gasteiger partial charge >= 0.3 is 0 Å². The average Bonchev–Trinajstić information content (AvgIpc) is 2.88. The van der Waals surface area contributed by atoms with Crippen molar-refractivity contribution in [1.29, 1.82) is 0 Å². The van der Waals surface area contributed by atoms with E-state index in [1.165, 1.54) is 11.8 Å². The molecule has 0 bridgehead atoms. The number of rotatable bonds is 3. The summed E-state index contributed by atoms with van der Waals surface area (Å²) in [6.07, 6.45) is 3.88. The Morgan fingerprint density at radius 3 is 2.75 bits per heavy atom. The molecule has 0 radical (unpaired) electrons. The topological polar surface area (TPSA) is 42.4 Å². The first kappa shape index (κ1) is 12.7. The van der Waals surface area contributed by atoms with Gasteiger partial charge in [0.2, 0.25) is 0 Å². The van der Waals surface area contributed by atoms with Crippen molar-refractivity contribution in [3.63, 3.8) is 0 Å². The van der Waals surface area contributed by atoms with E-state index in [9.17, 15) is 5.11 Å². The molecule has 0 saturated carbocycles. The van der Waals surface area contributed by atoms with E-state index in [4.69, 9.17) is 4.74 Å². The number of para-hydroxylation sites is 1. The molecule has 1 N–H and O–H groups in total. The van der Waals surface area contributed by atoms with Crippen molar-refractivity contribution in [3.8, 4) is 11.5 Å². The number of thiazole rings is 1. The van der Waals surface area contributed by atoms with E-state index in [0.29, 0.717) is 5.75 Å². The Labute approximate surface area is 120 Å². The van der Waals surface area contributed by atoms with Gasteiger partial charge in [-0.25, -0.2) is 4.98 Å². The molecule has 0 aliphatic carbocycles. The second-order valence-electron chi connectivity index (χ2n) is 4.28. The maximum Gasteiger partial charge on any atom is 0.160 e. The molecule has 1 heterocycles. The summed E-state index contributed by atoms with van der Waals surface area (Å²) in [5.74, 6) is 0.612. The van der Waals surface area contributed by atoms with Crippen molar-refractivity contribution in [2.24, 2.45) is 0 Å². The van der Waals surface area contributed by atoms with Crippen LogP contribution in [0.1, 0.15) is 10.6 Å². The Morgan fingerprint density at radius 1 is 1.15 bits per heavy atom. The van der Waals surface area contributed by atoms with Gasteiger partial charge in [0.25, 0.3) is 0 Å². The Morgan fingerprint density at radius 2 is 2.00 bits per heavy atom. The van der Waals surface area contributed by atoms with Crippen molar-refractivity contribution in [2.75, 3.05) is 7.11 Å². The number of hydrogen-bond acceptors (Lipinski definition) is 4. The first-order chi connectivity index (χ1) is 9.76. The SMILES string of the molecule is COc1ccc(C=Cc2nc3ccccc3s2)cc1O. The highest BCUT2D eigenvalue weighted by Gasteiger charge is 2.02. The summed E-state index contributed by atoms with van der Waals surface area (Å²) in [7, 11) is 1.53. The van der Waals surface area contributed by atoms with Crippen LogP contribution in [0.15, 0.2) is 42.5 Å². The van der Waals surface area contributed by atoms with Gasteiger partial charge in [0.15, 0.2) is 11.5 Å². The Kier molecular flexibility index (Phi) is 3.39. The maximum absolute atomic E-state index is 9.73. The van der Waals surface area contributed by atoms with Gasteiger partial charge in [-0.15, -0.1) is 11.3 Å². The zero-order valence-corrected chi connectivity index (χ0v) is 11.7. The lowest BCUT2D eigenvalue weighted by atomic mass is 10.2. The Hall–Kier alpha value is -2.33. The van der Waals surface area contributed by atoms with Gasteiger partial charge < -0.3 is 9.84 Å². The Bertz CT molecular complexity index is 744. The molecule has 1 aromatic heterocycles. The summed E-state index contributed by atoms with van der Waals surface area (Å²) >= 11 is 1.64. The Balaban J connectivity index is 1.88. The van der Waals surface area contributed by atoms with E-state index in [-0.39, 0.29) is 5.75 Å². The van der Waals surface area contributed by atoms with Gasteiger partial charge in [0.05, 0.1) is 17.3 Å². The maximum atomic E-state index is 9.73. The van der Waals surface area contributed by atoms with Crippen molar-refractivity contribution >= 4 is 33.7 Å². The van der Waals surface area contributed by atoms with Crippen LogP contribution in [0.2, 0.25) is 0 Å². The number of fused-ring (bicyclic) bond motifs is 1. The fraction of sp³-hybridized carbons (Fsp3) is 0.0625. The molecule has 0 amide bonds. The number of phenols is 1. The second kappa shape index (κ2) is 5.35. The molecule has 0 spiro atoms. The van der Waals surface area contributed by atoms with Crippen molar-refractivity contribution in [1.82, 2.24) is 4.98 Å². The number of aromatic hydroxyl groups is 1. The standard InChI is InChI=1S/C16H13NO2S/c1-19-14-8-6-11(10-13(14)18)7-9-16-17-12-4-2-3-5-15(12)20-16/h2-10,18H,1H3. The number of hydrogen-bond donors (Lipinski definition) is 1. The number of benzene rings is 2. The third-order valence-corrected chi connectivity index (χ3v) is 3.93. The third kappa shape index (κ3) is 2.51. The van der Waals surface area contributed by atoms with Crippen molar-refractivity contribution < 1.29 is 9.84 Å². The number of methoxy groups -OCH3 is 1. The minimum atomic E-state index is 0.138. The molecule has 3 nitrogen and oxygen atoms in total. The molecule has 0 saturated heterocycles. The molecule has 100 valence electrons. The van der Waals surface area contributed by atoms with E-state index in [1.807, 2.05) is 36.4 Å². The highest BCUT2D eigenvalue weighted by Crippen LogP contribution is 2.28. The lowest BCUT2D eigenvalue weighted by Gasteiger charge is -2.02. The molecule has 2 aromatic carbocycles. The van der Waals surface area contributed by atoms with Gasteiger partial charge in [0.1, 0.15) is 5.01 Å². The van der Waals surface area contributed by atoms with Crippen molar-refractivity contribution in [2.45, 2.75) is 0 Å². The van der Waals surface area contributed by atoms with E-state index in [2.05, 4.69) is 11.1 Å². The van der Waals surface area contributed by atoms with Crippen LogP contribution < -0.4 is 4.74 Å². The van der Waals surface area contributed by atoms with Gasteiger partial charge in [-0.1, -0.05) is 24.3 Å². The second-order valence-corrected chi connectivity index (χ2v) is 5.35. The van der Waals surface area contributed by atoms with E-state index in [1.54, 1.807) is 23.5 Å². The lowest BCUT2D eigenvalue weighted by molar-refractivity contribution is 0.373. The van der Waals surface area contributed by atoms with Gasteiger partial charge in [0, 0.05) is 0 Å². The van der Waals surface area contributed by atoms with Crippen LogP contribution in [0.3, 0.4) is 0 Å². The van der Waals surface area contributed by atoms with E-state index in [0.717, 1.165) is 16.1 Å². The van der Waals surface area contributed by atoms with Crippen molar-refractivity contribution in [3.05, 3.63) is 53.0 Å². The molecular formula is C16H13NO2S. The number of phenolic OH excluding ortho intramolecular Hbond substituents is 1. The summed E-state index contributed by atoms with van der Waals surface area (Å²) < 4.78 is 6.19. The predicted octanol–water partition coefficient (Wildman–Crippen LogP) is 4.18. The molecule has 3 aromatic rings. The lowest BCUT2D eigenvalue weighted by Crippen LogP contribution is -1.83. The fourth-order valence-corrected chi connectivity index (χ4v) is 2.81. The summed E-state index contributed by atoms with van der Waals surface area (Å²) in [5.41, 5.74) is 1.91. The minimum absolute atomic E-state index is 0.138. The molecule has 0 atom stereocenters. The minimum Gasteiger partial charge on any atom is -0.504 e. The van der Waals surface area contributed by atoms with Crippen LogP contribution in [0.4, 0.5) is 0 Å². The zero-order chi connectivity index (χ0) is 13.9. The fourth-order valence-electron chi connectivity index (χ4n) is 1.94. The normalized spacial score (nSPS) is 11.2. The highest BCUT2D eigenvalue weighted by atomic mass is 32.1. The van der Waals surface area contributed by atoms with Gasteiger partial charge in [-0.3, -0.25) is 0 Å². The highest BCUT2D eigenvalue weighted by molar-refractivity contribution is 7.19. The van der Waals surface area contributed by atoms with Gasteiger partial charge in [-0.05, 0) is 35.9 Å². The van der Waals surface area contributed by atoms with Crippen LogP contribution in [-0.4, -0.2) is 17.2 Å². The molecule has 3 rings (SSSR count). The van der Waals surface area contributed by atoms with Crippen LogP contribution in [0.5, 0.6) is 11.5 Å². The number of ether oxygens (including phenoxy) is 1. The van der Waals surface area contributed by atoms with Crippen LogP contribution >= 0.6 is 11.3 Å². The van der Waals surface area contributed by atoms with Crippen LogP contribution in [-0.2, 0) is 0 Å². The first-order valence-corrected chi connectivity index (χ1v) is 6.98. The summed E-state index contributed by atoms with van der Waals surface area (Å²) in [6, 6.07) is 13.4. The van der Waals surface area contributed by atoms with Crippen LogP contribution in [0, 0.1) is 0 Å². The molecule has 0 fully saturated rings. The number of nitrogens with zero attached hydrogens (tertiary/aromatic N) is 1. The zero-order valence-electron chi connectivity index (χ0n) is 10.9. The average molecular weight is 283 g/mol. The molecule has 20 heavy (non-hydrogen) atoms. The smallest absolute Gasteiger partial charge is 0.160 e. The summed E-state index contributed by atoms with van der Waals surface area (Å²) in [6.45, 7) is 0. The predicted molar refractivity (Wildman–Crippen MR) is 83.2 cm³/mol. The van der Waals surface area contributed by atoms with E-state index >= 15 is 0 Å². The third-order valence-electron chi connectivity index (χ3n) is 2.93. The largest absolute Gasteiger partial charge is 0.504 e. The molecule has 4 heteroatoms. The summed E-state index contributed by atoms with van der Waals surface area (Å²) in [4.78, 5) is 4.53. The quantitative estimate of drug-likeness (QED) is 0.784. The summed E-state index contributed by atoms with van der Waals surface area (Å²) in [5, 5.41) is 10.7. The van der Waals surface area contributed by atoms with Gasteiger partial charge in [-0.2, -0.15) is 0 Å². The molecule has 0 aliphatic heterocycles. The number of aromatic nitrogens is 1. The molecular weight excluding hydrogens is 270 g/mol. The molecule has 0 unspecified atom stereocenters. The van der Waals surface area contributed by atoms with E-state index < -0.39 is 0 Å². The first-order valence-electron chi connectivity index (χ1n) is 6.17. The van der Waals surface area contributed by atoms with Crippen LogP contribution in [0.25, 0.3) is 22.4 Å².